The molecule has 1 saturated heterocycles. The molecule has 1 heterocycles. The molecule has 1 aliphatic rings. The van der Waals surface area contributed by atoms with Gasteiger partial charge in [-0.15, -0.1) is 0 Å². The Balaban J connectivity index is 2.54. The molecule has 0 amide bonds. The van der Waals surface area contributed by atoms with Crippen LogP contribution in [0.4, 0.5) is 0 Å². The number of hydrogen-bond donors (Lipinski definition) is 0. The van der Waals surface area contributed by atoms with Gasteiger partial charge in [-0.25, -0.2) is 8.42 Å². The van der Waals surface area contributed by atoms with Crippen LogP contribution in [0.5, 0.6) is 0 Å². The summed E-state index contributed by atoms with van der Waals surface area (Å²) < 4.78 is 24.3. The van der Waals surface area contributed by atoms with E-state index >= 15 is 0 Å². The Bertz CT molecular complexity index is 306. The number of piperazine rings is 1. The molecule has 96 valence electrons. The van der Waals surface area contributed by atoms with E-state index in [0.717, 1.165) is 19.5 Å². The van der Waals surface area contributed by atoms with E-state index in [1.807, 2.05) is 0 Å². The number of sulfonamides is 1. The summed E-state index contributed by atoms with van der Waals surface area (Å²) in [6, 6.07) is 0.585. The molecule has 0 spiro atoms. The van der Waals surface area contributed by atoms with Crippen molar-refractivity contribution in [3.63, 3.8) is 0 Å². The Hall–Kier alpha value is -0.130. The highest BCUT2D eigenvalue weighted by Gasteiger charge is 2.27. The topological polar surface area (TPSA) is 40.6 Å². The van der Waals surface area contributed by atoms with E-state index in [9.17, 15) is 8.42 Å². The zero-order valence-electron chi connectivity index (χ0n) is 10.8. The van der Waals surface area contributed by atoms with Gasteiger partial charge >= 0.3 is 0 Å². The molecule has 1 atom stereocenters. The van der Waals surface area contributed by atoms with E-state index in [0.29, 0.717) is 25.0 Å². The van der Waals surface area contributed by atoms with Crippen molar-refractivity contribution in [3.8, 4) is 0 Å². The van der Waals surface area contributed by atoms with Gasteiger partial charge in [0.05, 0.1) is 6.26 Å². The molecule has 5 heteroatoms. The van der Waals surface area contributed by atoms with Crippen molar-refractivity contribution < 1.29 is 8.42 Å². The van der Waals surface area contributed by atoms with Gasteiger partial charge in [0, 0.05) is 32.2 Å². The summed E-state index contributed by atoms with van der Waals surface area (Å²) in [6.07, 6.45) is 2.43. The Labute approximate surface area is 99.7 Å². The van der Waals surface area contributed by atoms with Crippen LogP contribution in [-0.4, -0.2) is 56.1 Å². The Morgan fingerprint density at radius 3 is 1.94 bits per heavy atom. The van der Waals surface area contributed by atoms with Crippen LogP contribution in [0.15, 0.2) is 0 Å². The third-order valence-electron chi connectivity index (χ3n) is 3.40. The molecule has 1 fully saturated rings. The van der Waals surface area contributed by atoms with Crippen LogP contribution in [0.3, 0.4) is 0 Å². The van der Waals surface area contributed by atoms with Crippen LogP contribution in [0.25, 0.3) is 0 Å². The summed E-state index contributed by atoms with van der Waals surface area (Å²) in [5.41, 5.74) is 0. The van der Waals surface area contributed by atoms with Crippen LogP contribution in [0, 0.1) is 5.92 Å². The average molecular weight is 248 g/mol. The van der Waals surface area contributed by atoms with E-state index in [4.69, 9.17) is 0 Å². The molecule has 4 nitrogen and oxygen atoms in total. The van der Waals surface area contributed by atoms with Gasteiger partial charge < -0.3 is 0 Å². The lowest BCUT2D eigenvalue weighted by Crippen LogP contribution is -2.52. The fraction of sp³-hybridized carbons (Fsp3) is 1.00. The number of hydrogen-bond acceptors (Lipinski definition) is 3. The van der Waals surface area contributed by atoms with Crippen LogP contribution in [0.1, 0.15) is 27.2 Å². The molecule has 0 radical (unpaired) electrons. The summed E-state index contributed by atoms with van der Waals surface area (Å²) in [6.45, 7) is 9.68. The van der Waals surface area contributed by atoms with Gasteiger partial charge in [-0.1, -0.05) is 20.8 Å². The van der Waals surface area contributed by atoms with E-state index in [-0.39, 0.29) is 0 Å². The second-order valence-electron chi connectivity index (χ2n) is 4.92. The molecule has 0 saturated carbocycles. The lowest BCUT2D eigenvalue weighted by atomic mass is 9.99. The Morgan fingerprint density at radius 2 is 1.62 bits per heavy atom. The zero-order valence-corrected chi connectivity index (χ0v) is 11.6. The highest BCUT2D eigenvalue weighted by atomic mass is 32.2. The van der Waals surface area contributed by atoms with Crippen molar-refractivity contribution in [2.45, 2.75) is 33.2 Å². The molecule has 0 aliphatic carbocycles. The summed E-state index contributed by atoms with van der Waals surface area (Å²) in [4.78, 5) is 2.42. The summed E-state index contributed by atoms with van der Waals surface area (Å²) >= 11 is 0. The fourth-order valence-corrected chi connectivity index (χ4v) is 3.34. The number of nitrogens with zero attached hydrogens (tertiary/aromatic N) is 2. The minimum absolute atomic E-state index is 0.585. The van der Waals surface area contributed by atoms with Crippen molar-refractivity contribution in [1.82, 2.24) is 9.21 Å². The summed E-state index contributed by atoms with van der Waals surface area (Å²) in [7, 11) is -3.00. The van der Waals surface area contributed by atoms with Crippen LogP contribution < -0.4 is 0 Å². The molecule has 0 bridgehead atoms. The molecule has 0 N–H and O–H groups in total. The van der Waals surface area contributed by atoms with Crippen LogP contribution >= 0.6 is 0 Å². The van der Waals surface area contributed by atoms with Gasteiger partial charge in [-0.2, -0.15) is 4.31 Å². The van der Waals surface area contributed by atoms with Gasteiger partial charge in [-0.3, -0.25) is 4.90 Å². The molecular weight excluding hydrogens is 224 g/mol. The van der Waals surface area contributed by atoms with Gasteiger partial charge in [0.25, 0.3) is 0 Å². The maximum atomic E-state index is 11.4. The monoisotopic (exact) mass is 248 g/mol. The molecule has 0 aromatic carbocycles. The lowest BCUT2D eigenvalue weighted by Gasteiger charge is -2.39. The SMILES string of the molecule is CCC(C(C)C)N1CCN(S(C)(=O)=O)CC1. The third-order valence-corrected chi connectivity index (χ3v) is 4.70. The Kier molecular flexibility index (Phi) is 4.76. The van der Waals surface area contributed by atoms with E-state index in [1.165, 1.54) is 6.26 Å². The second kappa shape index (κ2) is 5.47. The highest BCUT2D eigenvalue weighted by molar-refractivity contribution is 7.88. The second-order valence-corrected chi connectivity index (χ2v) is 6.90. The molecule has 0 aromatic heterocycles. The highest BCUT2D eigenvalue weighted by Crippen LogP contribution is 2.17. The van der Waals surface area contributed by atoms with E-state index < -0.39 is 10.0 Å². The molecule has 1 aliphatic heterocycles. The molecule has 0 aromatic rings. The molecule has 16 heavy (non-hydrogen) atoms. The number of rotatable bonds is 4. The third kappa shape index (κ3) is 3.43. The minimum Gasteiger partial charge on any atom is -0.298 e. The first-order chi connectivity index (χ1) is 7.36. The van der Waals surface area contributed by atoms with Crippen LogP contribution in [-0.2, 0) is 10.0 Å². The minimum atomic E-state index is -3.00. The largest absolute Gasteiger partial charge is 0.298 e. The molecule has 1 unspecified atom stereocenters. The van der Waals surface area contributed by atoms with Crippen molar-refractivity contribution in [2.24, 2.45) is 5.92 Å². The van der Waals surface area contributed by atoms with Crippen LogP contribution in [0.2, 0.25) is 0 Å². The average Bonchev–Trinajstić information content (AvgIpc) is 2.17. The van der Waals surface area contributed by atoms with E-state index in [1.54, 1.807) is 4.31 Å². The lowest BCUT2D eigenvalue weighted by molar-refractivity contribution is 0.106. The normalized spacial score (nSPS) is 22.6. The summed E-state index contributed by atoms with van der Waals surface area (Å²) in [5.74, 6) is 0.634. The van der Waals surface area contributed by atoms with Gasteiger partial charge in [-0.05, 0) is 12.3 Å². The Morgan fingerprint density at radius 1 is 1.12 bits per heavy atom. The zero-order chi connectivity index (χ0) is 12.3. The predicted molar refractivity (Wildman–Crippen MR) is 66.9 cm³/mol. The van der Waals surface area contributed by atoms with Gasteiger partial charge in [0.15, 0.2) is 0 Å². The predicted octanol–water partition coefficient (Wildman–Crippen LogP) is 0.998. The first-order valence-corrected chi connectivity index (χ1v) is 7.90. The standard InChI is InChI=1S/C11H24N2O2S/c1-5-11(10(2)3)12-6-8-13(9-7-12)16(4,14)15/h10-11H,5-9H2,1-4H3. The summed E-state index contributed by atoms with van der Waals surface area (Å²) in [5, 5.41) is 0. The van der Waals surface area contributed by atoms with Crippen molar-refractivity contribution in [1.29, 1.82) is 0 Å². The van der Waals surface area contributed by atoms with Crippen molar-refractivity contribution in [2.75, 3.05) is 32.4 Å². The quantitative estimate of drug-likeness (QED) is 0.745. The maximum absolute atomic E-state index is 11.4. The molecule has 1 rings (SSSR count). The first kappa shape index (κ1) is 13.9. The molecular formula is C11H24N2O2S. The van der Waals surface area contributed by atoms with Crippen molar-refractivity contribution >= 4 is 10.0 Å². The van der Waals surface area contributed by atoms with E-state index in [2.05, 4.69) is 25.7 Å². The van der Waals surface area contributed by atoms with Crippen molar-refractivity contribution in [3.05, 3.63) is 0 Å². The van der Waals surface area contributed by atoms with Gasteiger partial charge in [0.1, 0.15) is 0 Å². The van der Waals surface area contributed by atoms with Gasteiger partial charge in [0.2, 0.25) is 10.0 Å². The fourth-order valence-electron chi connectivity index (χ4n) is 2.52. The smallest absolute Gasteiger partial charge is 0.211 e. The first-order valence-electron chi connectivity index (χ1n) is 6.05. The maximum Gasteiger partial charge on any atom is 0.211 e.